The van der Waals surface area contributed by atoms with E-state index in [-0.39, 0.29) is 14.4 Å². The Balaban J connectivity index is 3.09. The van der Waals surface area contributed by atoms with Crippen LogP contribution in [0.5, 0.6) is 0 Å². The minimum Gasteiger partial charge on any atom is -0.289 e. The molecule has 0 unspecified atom stereocenters. The molecule has 0 atom stereocenters. The van der Waals surface area contributed by atoms with Crippen LogP contribution >= 0.6 is 27.3 Å². The second-order valence-electron chi connectivity index (χ2n) is 1.99. The fourth-order valence-electron chi connectivity index (χ4n) is 0.667. The number of rotatable bonds is 2. The summed E-state index contributed by atoms with van der Waals surface area (Å²) >= 11 is 3.73. The Morgan fingerprint density at radius 3 is 2.77 bits per heavy atom. The lowest BCUT2D eigenvalue weighted by atomic mass is 10.4. The molecule has 3 N–H and O–H groups in total. The van der Waals surface area contributed by atoms with Gasteiger partial charge in [-0.2, -0.15) is 0 Å². The first-order valence-electron chi connectivity index (χ1n) is 3.01. The van der Waals surface area contributed by atoms with Gasteiger partial charge in [-0.3, -0.25) is 20.3 Å². The molecular weight excluding hydrogens is 262 g/mol. The number of nitrogens with zero attached hydrogens (tertiary/aromatic N) is 1. The highest BCUT2D eigenvalue weighted by Gasteiger charge is 2.20. The van der Waals surface area contributed by atoms with E-state index >= 15 is 0 Å². The number of carbonyl (C=O) groups excluding carboxylic acids is 1. The molecule has 13 heavy (non-hydrogen) atoms. The fourth-order valence-corrected chi connectivity index (χ4v) is 2.20. The van der Waals surface area contributed by atoms with Gasteiger partial charge in [0, 0.05) is 0 Å². The van der Waals surface area contributed by atoms with Crippen molar-refractivity contribution < 1.29 is 9.72 Å². The number of nitrogens with two attached hydrogens (primary N) is 1. The summed E-state index contributed by atoms with van der Waals surface area (Å²) in [5.41, 5.74) is 1.89. The van der Waals surface area contributed by atoms with Crippen molar-refractivity contribution in [1.29, 1.82) is 0 Å². The fraction of sp³-hybridized carbons (Fsp3) is 0. The molecule has 0 bridgehead atoms. The highest BCUT2D eigenvalue weighted by molar-refractivity contribution is 9.10. The van der Waals surface area contributed by atoms with Crippen molar-refractivity contribution in [3.8, 4) is 0 Å². The van der Waals surface area contributed by atoms with Crippen molar-refractivity contribution in [2.75, 3.05) is 0 Å². The second kappa shape index (κ2) is 3.81. The Morgan fingerprint density at radius 1 is 1.77 bits per heavy atom. The van der Waals surface area contributed by atoms with Gasteiger partial charge in [0.2, 0.25) is 0 Å². The van der Waals surface area contributed by atoms with Crippen LogP contribution in [0.25, 0.3) is 0 Å². The minimum absolute atomic E-state index is 0.112. The normalized spacial score (nSPS) is 9.69. The lowest BCUT2D eigenvalue weighted by Crippen LogP contribution is -2.29. The monoisotopic (exact) mass is 265 g/mol. The van der Waals surface area contributed by atoms with E-state index in [4.69, 9.17) is 5.84 Å². The summed E-state index contributed by atoms with van der Waals surface area (Å²) in [6.07, 6.45) is 0. The quantitative estimate of drug-likeness (QED) is 0.361. The van der Waals surface area contributed by atoms with E-state index in [1.54, 1.807) is 0 Å². The summed E-state index contributed by atoms with van der Waals surface area (Å²) < 4.78 is 0.279. The van der Waals surface area contributed by atoms with Gasteiger partial charge in [0.15, 0.2) is 0 Å². The van der Waals surface area contributed by atoms with Crippen LogP contribution < -0.4 is 11.3 Å². The van der Waals surface area contributed by atoms with Gasteiger partial charge < -0.3 is 0 Å². The Kier molecular flexibility index (Phi) is 2.96. The van der Waals surface area contributed by atoms with Crippen molar-refractivity contribution in [2.45, 2.75) is 0 Å². The number of carbonyl (C=O) groups is 1. The van der Waals surface area contributed by atoms with Gasteiger partial charge >= 0.3 is 5.00 Å². The summed E-state index contributed by atoms with van der Waals surface area (Å²) in [5.74, 6) is 4.32. The molecule has 0 aliphatic carbocycles. The summed E-state index contributed by atoms with van der Waals surface area (Å²) in [4.78, 5) is 20.9. The molecule has 0 aliphatic rings. The Labute approximate surface area is 85.0 Å². The molecule has 0 spiro atoms. The molecule has 8 heteroatoms. The molecule has 0 fully saturated rings. The largest absolute Gasteiger partial charge is 0.338 e. The van der Waals surface area contributed by atoms with Gasteiger partial charge in [-0.05, 0) is 22.0 Å². The van der Waals surface area contributed by atoms with E-state index in [9.17, 15) is 14.9 Å². The van der Waals surface area contributed by atoms with Crippen LogP contribution in [0.1, 0.15) is 9.67 Å². The van der Waals surface area contributed by atoms with Crippen LogP contribution in [0.3, 0.4) is 0 Å². The first-order valence-corrected chi connectivity index (χ1v) is 4.62. The zero-order valence-corrected chi connectivity index (χ0v) is 8.52. The summed E-state index contributed by atoms with van der Waals surface area (Å²) in [5, 5.41) is 10.3. The van der Waals surface area contributed by atoms with Gasteiger partial charge in [0.1, 0.15) is 9.35 Å². The van der Waals surface area contributed by atoms with Gasteiger partial charge in [-0.1, -0.05) is 11.3 Å². The zero-order valence-electron chi connectivity index (χ0n) is 6.11. The maximum Gasteiger partial charge on any atom is 0.338 e. The summed E-state index contributed by atoms with van der Waals surface area (Å²) in [6, 6.07) is 1.35. The standard InChI is InChI=1S/C5H4BrN3O3S/c6-2-1-3(4(10)8-7)13-5(2)9(11)12/h1H,7H2,(H,8,10). The van der Waals surface area contributed by atoms with Crippen molar-refractivity contribution in [2.24, 2.45) is 5.84 Å². The molecular formula is C5H4BrN3O3S. The Bertz CT molecular complexity index is 364. The molecule has 0 aliphatic heterocycles. The van der Waals surface area contributed by atoms with Gasteiger partial charge in [0.25, 0.3) is 5.91 Å². The third-order valence-electron chi connectivity index (χ3n) is 1.19. The van der Waals surface area contributed by atoms with Gasteiger partial charge in [-0.15, -0.1) is 0 Å². The number of hydrogen-bond donors (Lipinski definition) is 2. The predicted octanol–water partition coefficient (Wildman–Crippen LogP) is 1.02. The summed E-state index contributed by atoms with van der Waals surface area (Å²) in [6.45, 7) is 0. The summed E-state index contributed by atoms with van der Waals surface area (Å²) in [7, 11) is 0. The number of amides is 1. The topological polar surface area (TPSA) is 98.3 Å². The number of thiophene rings is 1. The Hall–Kier alpha value is -0.990. The van der Waals surface area contributed by atoms with E-state index in [1.165, 1.54) is 6.07 Å². The van der Waals surface area contributed by atoms with Crippen molar-refractivity contribution in [3.63, 3.8) is 0 Å². The highest BCUT2D eigenvalue weighted by Crippen LogP contribution is 2.34. The van der Waals surface area contributed by atoms with Crippen LogP contribution in [0, 0.1) is 10.1 Å². The molecule has 1 heterocycles. The lowest BCUT2D eigenvalue weighted by Gasteiger charge is -1.90. The smallest absolute Gasteiger partial charge is 0.289 e. The molecule has 0 radical (unpaired) electrons. The number of hydrogen-bond acceptors (Lipinski definition) is 5. The SMILES string of the molecule is NNC(=O)c1cc(Br)c([N+](=O)[O-])s1. The van der Waals surface area contributed by atoms with Crippen LogP contribution in [0.2, 0.25) is 0 Å². The second-order valence-corrected chi connectivity index (χ2v) is 3.88. The third-order valence-corrected chi connectivity index (χ3v) is 3.14. The van der Waals surface area contributed by atoms with Crippen LogP contribution in [-0.4, -0.2) is 10.8 Å². The zero-order chi connectivity index (χ0) is 10.0. The van der Waals surface area contributed by atoms with Crippen LogP contribution in [-0.2, 0) is 0 Å². The molecule has 6 nitrogen and oxygen atoms in total. The van der Waals surface area contributed by atoms with Gasteiger partial charge in [-0.25, -0.2) is 5.84 Å². The number of nitrogens with one attached hydrogen (secondary N) is 1. The third kappa shape index (κ3) is 2.02. The average Bonchev–Trinajstić information content (AvgIpc) is 2.46. The molecule has 1 amide bonds. The van der Waals surface area contributed by atoms with Gasteiger partial charge in [0.05, 0.1) is 4.92 Å². The van der Waals surface area contributed by atoms with Crippen molar-refractivity contribution >= 4 is 38.2 Å². The number of nitro groups is 1. The van der Waals surface area contributed by atoms with Crippen molar-refractivity contribution in [3.05, 3.63) is 25.5 Å². The van der Waals surface area contributed by atoms with E-state index < -0.39 is 10.8 Å². The maximum atomic E-state index is 10.9. The van der Waals surface area contributed by atoms with E-state index in [2.05, 4.69) is 15.9 Å². The van der Waals surface area contributed by atoms with E-state index in [0.29, 0.717) is 0 Å². The van der Waals surface area contributed by atoms with E-state index in [0.717, 1.165) is 11.3 Å². The molecule has 0 saturated heterocycles. The molecule has 0 saturated carbocycles. The average molecular weight is 266 g/mol. The highest BCUT2D eigenvalue weighted by atomic mass is 79.9. The first kappa shape index (κ1) is 10.1. The first-order chi connectivity index (χ1) is 6.06. The minimum atomic E-state index is -0.567. The van der Waals surface area contributed by atoms with E-state index in [1.807, 2.05) is 5.43 Å². The molecule has 1 aromatic rings. The number of hydrazine groups is 1. The molecule has 1 rings (SSSR count). The van der Waals surface area contributed by atoms with Crippen LogP contribution in [0.4, 0.5) is 5.00 Å². The molecule has 0 aromatic carbocycles. The maximum absolute atomic E-state index is 10.9. The number of halogens is 1. The van der Waals surface area contributed by atoms with Crippen LogP contribution in [0.15, 0.2) is 10.5 Å². The van der Waals surface area contributed by atoms with Crippen molar-refractivity contribution in [1.82, 2.24) is 5.43 Å². The lowest BCUT2D eigenvalue weighted by molar-refractivity contribution is -0.380. The Morgan fingerprint density at radius 2 is 2.38 bits per heavy atom. The predicted molar refractivity (Wildman–Crippen MR) is 50.3 cm³/mol. The number of nitrogen functional groups attached to an aromatic ring is 1. The molecule has 1 aromatic heterocycles. The molecule has 70 valence electrons.